The van der Waals surface area contributed by atoms with Crippen molar-refractivity contribution in [3.8, 4) is 0 Å². The number of hydrogen-bond donors (Lipinski definition) is 1. The lowest BCUT2D eigenvalue weighted by atomic mass is 10.2. The van der Waals surface area contributed by atoms with E-state index in [4.69, 9.17) is 9.84 Å². The zero-order valence-corrected chi connectivity index (χ0v) is 9.04. The van der Waals surface area contributed by atoms with Crippen molar-refractivity contribution >= 4 is 6.09 Å². The Labute approximate surface area is 97.0 Å². The first-order valence-electron chi connectivity index (χ1n) is 5.21. The normalized spacial score (nSPS) is 20.3. The van der Waals surface area contributed by atoms with Gasteiger partial charge in [-0.2, -0.15) is 0 Å². The van der Waals surface area contributed by atoms with E-state index >= 15 is 0 Å². The molecule has 0 aromatic carbocycles. The van der Waals surface area contributed by atoms with Crippen molar-refractivity contribution in [2.75, 3.05) is 19.7 Å². The molecule has 2 rings (SSSR count). The van der Waals surface area contributed by atoms with Crippen LogP contribution in [0.4, 0.5) is 9.18 Å². The fourth-order valence-electron chi connectivity index (χ4n) is 1.66. The molecule has 0 spiro atoms. The Morgan fingerprint density at radius 2 is 2.29 bits per heavy atom. The molecule has 1 fully saturated rings. The zero-order chi connectivity index (χ0) is 12.3. The summed E-state index contributed by atoms with van der Waals surface area (Å²) < 4.78 is 18.0. The van der Waals surface area contributed by atoms with Gasteiger partial charge in [0.2, 0.25) is 0 Å². The van der Waals surface area contributed by atoms with Crippen molar-refractivity contribution in [2.45, 2.75) is 12.5 Å². The number of carboxylic acid groups (broad SMARTS) is 1. The van der Waals surface area contributed by atoms with E-state index in [-0.39, 0.29) is 12.6 Å². The molecule has 0 saturated carbocycles. The van der Waals surface area contributed by atoms with Crippen LogP contribution in [0.2, 0.25) is 0 Å². The van der Waals surface area contributed by atoms with E-state index in [1.807, 2.05) is 0 Å². The molecule has 0 radical (unpaired) electrons. The van der Waals surface area contributed by atoms with Gasteiger partial charge in [-0.05, 0) is 0 Å². The average molecular weight is 241 g/mol. The summed E-state index contributed by atoms with van der Waals surface area (Å²) in [4.78, 5) is 19.7. The number of halogens is 1. The van der Waals surface area contributed by atoms with Crippen LogP contribution in [0.1, 0.15) is 5.82 Å². The van der Waals surface area contributed by atoms with Crippen LogP contribution in [0.25, 0.3) is 0 Å². The number of rotatable bonds is 2. The Bertz CT molecular complexity index is 398. The molecule has 1 saturated heterocycles. The number of morpholine rings is 1. The molecule has 1 aromatic heterocycles. The van der Waals surface area contributed by atoms with E-state index in [1.165, 1.54) is 4.90 Å². The van der Waals surface area contributed by atoms with Crippen LogP contribution in [-0.2, 0) is 11.2 Å². The number of aromatic nitrogens is 2. The van der Waals surface area contributed by atoms with Crippen LogP contribution in [0.15, 0.2) is 12.4 Å². The van der Waals surface area contributed by atoms with E-state index in [0.29, 0.717) is 25.4 Å². The molecule has 1 N–H and O–H groups in total. The number of nitrogens with zero attached hydrogens (tertiary/aromatic N) is 3. The average Bonchev–Trinajstić information content (AvgIpc) is 2.32. The Morgan fingerprint density at radius 3 is 2.94 bits per heavy atom. The van der Waals surface area contributed by atoms with E-state index < -0.39 is 11.9 Å². The van der Waals surface area contributed by atoms with Crippen molar-refractivity contribution in [3.05, 3.63) is 24.0 Å². The summed E-state index contributed by atoms with van der Waals surface area (Å²) in [7, 11) is 0. The lowest BCUT2D eigenvalue weighted by molar-refractivity contribution is -0.0219. The summed E-state index contributed by atoms with van der Waals surface area (Å²) in [6, 6.07) is 0. The fourth-order valence-corrected chi connectivity index (χ4v) is 1.66. The summed E-state index contributed by atoms with van der Waals surface area (Å²) in [5.74, 6) is -0.0471. The molecule has 0 bridgehead atoms. The second kappa shape index (κ2) is 5.05. The molecule has 1 aliphatic rings. The van der Waals surface area contributed by atoms with Gasteiger partial charge in [0.25, 0.3) is 0 Å². The summed E-state index contributed by atoms with van der Waals surface area (Å²) in [6.07, 6.45) is 1.31. The SMILES string of the molecule is O=C(O)N1CCO[C@H](Cc2ncc(F)cn2)C1. The highest BCUT2D eigenvalue weighted by Crippen LogP contribution is 2.09. The molecule has 7 heteroatoms. The second-order valence-electron chi connectivity index (χ2n) is 3.74. The minimum Gasteiger partial charge on any atom is -0.465 e. The fraction of sp³-hybridized carbons (Fsp3) is 0.500. The van der Waals surface area contributed by atoms with E-state index in [9.17, 15) is 9.18 Å². The van der Waals surface area contributed by atoms with Gasteiger partial charge < -0.3 is 14.7 Å². The highest BCUT2D eigenvalue weighted by atomic mass is 19.1. The van der Waals surface area contributed by atoms with Crippen molar-refractivity contribution in [1.82, 2.24) is 14.9 Å². The maximum Gasteiger partial charge on any atom is 0.407 e. The monoisotopic (exact) mass is 241 g/mol. The molecule has 0 aliphatic carbocycles. The van der Waals surface area contributed by atoms with Gasteiger partial charge in [0.05, 0.1) is 31.6 Å². The first-order chi connectivity index (χ1) is 8.15. The van der Waals surface area contributed by atoms with Crippen molar-refractivity contribution in [1.29, 1.82) is 0 Å². The third-order valence-electron chi connectivity index (χ3n) is 2.49. The standard InChI is InChI=1S/C10H12FN3O3/c11-7-4-12-9(13-5-7)3-8-6-14(10(15)16)1-2-17-8/h4-5,8H,1-3,6H2,(H,15,16)/t8-/m1/s1. The Balaban J connectivity index is 1.94. The predicted molar refractivity (Wildman–Crippen MR) is 55.0 cm³/mol. The van der Waals surface area contributed by atoms with Crippen molar-refractivity contribution in [3.63, 3.8) is 0 Å². The highest BCUT2D eigenvalue weighted by Gasteiger charge is 2.24. The van der Waals surface area contributed by atoms with Crippen molar-refractivity contribution in [2.24, 2.45) is 0 Å². The van der Waals surface area contributed by atoms with Crippen molar-refractivity contribution < 1.29 is 19.0 Å². The van der Waals surface area contributed by atoms with Gasteiger partial charge in [-0.1, -0.05) is 0 Å². The Morgan fingerprint density at radius 1 is 1.59 bits per heavy atom. The maximum absolute atomic E-state index is 12.6. The van der Waals surface area contributed by atoms with Gasteiger partial charge in [0.15, 0.2) is 5.82 Å². The van der Waals surface area contributed by atoms with Gasteiger partial charge in [-0.3, -0.25) is 0 Å². The quantitative estimate of drug-likeness (QED) is 0.817. The minimum absolute atomic E-state index is 0.273. The molecular weight excluding hydrogens is 229 g/mol. The van der Waals surface area contributed by atoms with Crippen LogP contribution in [-0.4, -0.2) is 51.9 Å². The molecule has 17 heavy (non-hydrogen) atoms. The molecule has 1 amide bonds. The van der Waals surface area contributed by atoms with Gasteiger partial charge in [0, 0.05) is 13.0 Å². The zero-order valence-electron chi connectivity index (χ0n) is 9.04. The summed E-state index contributed by atoms with van der Waals surface area (Å²) in [5.41, 5.74) is 0. The lowest BCUT2D eigenvalue weighted by Crippen LogP contribution is -2.45. The van der Waals surface area contributed by atoms with Gasteiger partial charge in [-0.15, -0.1) is 0 Å². The van der Waals surface area contributed by atoms with E-state index in [2.05, 4.69) is 9.97 Å². The Kier molecular flexibility index (Phi) is 3.48. The molecule has 1 atom stereocenters. The third-order valence-corrected chi connectivity index (χ3v) is 2.49. The maximum atomic E-state index is 12.6. The summed E-state index contributed by atoms with van der Waals surface area (Å²) in [6.45, 7) is 1.02. The number of amides is 1. The summed E-state index contributed by atoms with van der Waals surface area (Å²) >= 11 is 0. The molecular formula is C10H12FN3O3. The smallest absolute Gasteiger partial charge is 0.407 e. The number of carbonyl (C=O) groups is 1. The third kappa shape index (κ3) is 3.10. The predicted octanol–water partition coefficient (Wildman–Crippen LogP) is 0.537. The molecule has 2 heterocycles. The largest absolute Gasteiger partial charge is 0.465 e. The van der Waals surface area contributed by atoms with Gasteiger partial charge in [0.1, 0.15) is 5.82 Å². The highest BCUT2D eigenvalue weighted by molar-refractivity contribution is 5.65. The first kappa shape index (κ1) is 11.7. The second-order valence-corrected chi connectivity index (χ2v) is 3.74. The Hall–Kier alpha value is -1.76. The topological polar surface area (TPSA) is 75.5 Å². The lowest BCUT2D eigenvalue weighted by Gasteiger charge is -2.30. The molecule has 6 nitrogen and oxygen atoms in total. The molecule has 0 unspecified atom stereocenters. The molecule has 92 valence electrons. The van der Waals surface area contributed by atoms with Gasteiger partial charge in [-0.25, -0.2) is 19.2 Å². The first-order valence-corrected chi connectivity index (χ1v) is 5.21. The van der Waals surface area contributed by atoms with Crippen LogP contribution in [0.5, 0.6) is 0 Å². The van der Waals surface area contributed by atoms with Gasteiger partial charge >= 0.3 is 6.09 Å². The van der Waals surface area contributed by atoms with Crippen LogP contribution >= 0.6 is 0 Å². The number of hydrogen-bond acceptors (Lipinski definition) is 4. The number of ether oxygens (including phenoxy) is 1. The summed E-state index contributed by atoms with van der Waals surface area (Å²) in [5, 5.41) is 8.85. The van der Waals surface area contributed by atoms with Crippen LogP contribution in [0, 0.1) is 5.82 Å². The molecule has 1 aromatic rings. The van der Waals surface area contributed by atoms with Crippen LogP contribution in [0.3, 0.4) is 0 Å². The van der Waals surface area contributed by atoms with E-state index in [0.717, 1.165) is 12.4 Å². The minimum atomic E-state index is -0.960. The van der Waals surface area contributed by atoms with Crippen LogP contribution < -0.4 is 0 Å². The van der Waals surface area contributed by atoms with E-state index in [1.54, 1.807) is 0 Å². The molecule has 1 aliphatic heterocycles.